The van der Waals surface area contributed by atoms with Gasteiger partial charge in [0.2, 0.25) is 0 Å². The van der Waals surface area contributed by atoms with Crippen LogP contribution < -0.4 is 5.32 Å². The predicted molar refractivity (Wildman–Crippen MR) is 138 cm³/mol. The zero-order valence-corrected chi connectivity index (χ0v) is 21.5. The van der Waals surface area contributed by atoms with Crippen LogP contribution in [0.5, 0.6) is 0 Å². The Hall–Kier alpha value is -3.00. The highest BCUT2D eigenvalue weighted by Crippen LogP contribution is 2.44. The Morgan fingerprint density at radius 2 is 2.05 bits per heavy atom. The Bertz CT molecular complexity index is 1230. The molecule has 1 fully saturated rings. The van der Waals surface area contributed by atoms with Gasteiger partial charge in [-0.25, -0.2) is 8.78 Å². The van der Waals surface area contributed by atoms with Crippen LogP contribution in [-0.4, -0.2) is 65.6 Å². The lowest BCUT2D eigenvalue weighted by Crippen LogP contribution is -2.46. The SMILES string of the molecule is CCOC(=O)C1CCC(N2CC=C(C3CC4C5=C(N3)c3ncc(F)cc3C(F)=CC5=CN4C)CC2)CC1. The Kier molecular flexibility index (Phi) is 6.39. The summed E-state index contributed by atoms with van der Waals surface area (Å²) in [5.41, 5.74) is 4.74. The molecular formula is C29H34F2N4O2. The monoisotopic (exact) mass is 508 g/mol. The van der Waals surface area contributed by atoms with E-state index < -0.39 is 11.6 Å². The maximum atomic E-state index is 15.1. The van der Waals surface area contributed by atoms with Crippen molar-refractivity contribution in [3.05, 3.63) is 64.4 Å². The molecule has 196 valence electrons. The molecule has 6 nitrogen and oxygen atoms in total. The lowest BCUT2D eigenvalue weighted by Gasteiger charge is -2.41. The minimum absolute atomic E-state index is 0.0410. The molecule has 0 radical (unpaired) electrons. The number of fused-ring (bicyclic) bond motifs is 2. The Balaban J connectivity index is 1.18. The van der Waals surface area contributed by atoms with Gasteiger partial charge >= 0.3 is 5.97 Å². The van der Waals surface area contributed by atoms with E-state index in [1.807, 2.05) is 20.2 Å². The second-order valence-electron chi connectivity index (χ2n) is 10.8. The van der Waals surface area contributed by atoms with Gasteiger partial charge in [0, 0.05) is 55.1 Å². The van der Waals surface area contributed by atoms with Gasteiger partial charge in [0.05, 0.1) is 36.2 Å². The molecule has 1 aromatic heterocycles. The lowest BCUT2D eigenvalue weighted by molar-refractivity contribution is -0.149. The summed E-state index contributed by atoms with van der Waals surface area (Å²) in [4.78, 5) is 21.1. The van der Waals surface area contributed by atoms with E-state index in [-0.39, 0.29) is 29.5 Å². The zero-order valence-electron chi connectivity index (χ0n) is 21.5. The van der Waals surface area contributed by atoms with Crippen molar-refractivity contribution in [2.45, 2.75) is 63.6 Å². The maximum Gasteiger partial charge on any atom is 0.308 e. The van der Waals surface area contributed by atoms with E-state index in [0.717, 1.165) is 68.5 Å². The molecule has 2 unspecified atom stereocenters. The highest BCUT2D eigenvalue weighted by atomic mass is 19.1. The number of halogens is 2. The van der Waals surface area contributed by atoms with Gasteiger partial charge in [0.15, 0.2) is 0 Å². The number of hydrogen-bond acceptors (Lipinski definition) is 6. The number of hydrogen-bond donors (Lipinski definition) is 1. The van der Waals surface area contributed by atoms with Crippen LogP contribution in [0, 0.1) is 11.7 Å². The van der Waals surface area contributed by atoms with Crippen molar-refractivity contribution < 1.29 is 18.3 Å². The van der Waals surface area contributed by atoms with E-state index in [9.17, 15) is 9.18 Å². The minimum Gasteiger partial charge on any atom is -0.466 e. The number of aromatic nitrogens is 1. The summed E-state index contributed by atoms with van der Waals surface area (Å²) in [6.45, 7) is 4.20. The standard InChI is InChI=1S/C29H34F2N4O2/c1-3-37-29(36)18-4-6-21(7-5-18)35-10-8-17(9-11-35)24-14-25-26-19(16-34(25)2)12-23(31)22-13-20(30)15-32-27(22)28(26)33-24/h8,12-13,15-16,18,21,24-25,33H,3-7,9-11,14H2,1-2H3. The number of esters is 1. The molecule has 1 saturated carbocycles. The summed E-state index contributed by atoms with van der Waals surface area (Å²) >= 11 is 0. The molecular weight excluding hydrogens is 474 g/mol. The first-order valence-corrected chi connectivity index (χ1v) is 13.5. The number of allylic oxidation sites excluding steroid dienone is 1. The van der Waals surface area contributed by atoms with Gasteiger partial charge in [-0.2, -0.15) is 0 Å². The van der Waals surface area contributed by atoms with E-state index in [0.29, 0.717) is 18.3 Å². The second-order valence-corrected chi connectivity index (χ2v) is 10.8. The number of carbonyl (C=O) groups excluding carboxylic acids is 1. The molecule has 5 aliphatic rings. The van der Waals surface area contributed by atoms with Crippen molar-refractivity contribution in [1.29, 1.82) is 0 Å². The van der Waals surface area contributed by atoms with Crippen LogP contribution in [-0.2, 0) is 9.53 Å². The van der Waals surface area contributed by atoms with Crippen molar-refractivity contribution in [1.82, 2.24) is 20.1 Å². The average Bonchev–Trinajstić information content (AvgIpc) is 3.17. The van der Waals surface area contributed by atoms with Gasteiger partial charge in [-0.3, -0.25) is 14.7 Å². The van der Waals surface area contributed by atoms with Gasteiger partial charge in [-0.05, 0) is 63.2 Å². The molecule has 0 bridgehead atoms. The lowest BCUT2D eigenvalue weighted by atomic mass is 9.83. The van der Waals surface area contributed by atoms with Crippen LogP contribution in [0.1, 0.15) is 56.7 Å². The largest absolute Gasteiger partial charge is 0.466 e. The van der Waals surface area contributed by atoms with E-state index in [1.54, 1.807) is 0 Å². The van der Waals surface area contributed by atoms with Gasteiger partial charge in [0.1, 0.15) is 11.6 Å². The fourth-order valence-electron chi connectivity index (χ4n) is 6.78. The molecule has 1 aromatic rings. The van der Waals surface area contributed by atoms with Gasteiger partial charge in [-0.1, -0.05) is 6.08 Å². The molecule has 8 heteroatoms. The highest BCUT2D eigenvalue weighted by molar-refractivity contribution is 5.85. The molecule has 0 saturated heterocycles. The van der Waals surface area contributed by atoms with Crippen LogP contribution in [0.25, 0.3) is 11.5 Å². The zero-order chi connectivity index (χ0) is 25.7. The molecule has 2 aliphatic carbocycles. The third kappa shape index (κ3) is 4.39. The van der Waals surface area contributed by atoms with Crippen molar-refractivity contribution in [3.8, 4) is 0 Å². The van der Waals surface area contributed by atoms with Crippen LogP contribution in [0.4, 0.5) is 8.78 Å². The fraction of sp³-hybridized carbons (Fsp3) is 0.517. The third-order valence-electron chi connectivity index (χ3n) is 8.71. The van der Waals surface area contributed by atoms with Crippen LogP contribution in [0.2, 0.25) is 0 Å². The Labute approximate surface area is 216 Å². The normalized spacial score (nSPS) is 29.4. The van der Waals surface area contributed by atoms with Crippen LogP contribution in [0.15, 0.2) is 47.3 Å². The summed E-state index contributed by atoms with van der Waals surface area (Å²) in [6, 6.07) is 1.98. The molecule has 0 spiro atoms. The van der Waals surface area contributed by atoms with Crippen molar-refractivity contribution in [3.63, 3.8) is 0 Å². The van der Waals surface area contributed by atoms with Crippen molar-refractivity contribution in [2.75, 3.05) is 26.7 Å². The van der Waals surface area contributed by atoms with Gasteiger partial charge in [-0.15, -0.1) is 0 Å². The number of rotatable bonds is 4. The number of ether oxygens (including phenoxy) is 1. The van der Waals surface area contributed by atoms with Crippen molar-refractivity contribution >= 4 is 17.5 Å². The molecule has 4 heterocycles. The quantitative estimate of drug-likeness (QED) is 0.475. The van der Waals surface area contributed by atoms with E-state index in [4.69, 9.17) is 4.74 Å². The molecule has 2 atom stereocenters. The molecule has 6 rings (SSSR count). The summed E-state index contributed by atoms with van der Waals surface area (Å²) < 4.78 is 34.3. The third-order valence-corrected chi connectivity index (χ3v) is 8.71. The predicted octanol–water partition coefficient (Wildman–Crippen LogP) is 4.57. The molecule has 3 aliphatic heterocycles. The molecule has 0 aromatic carbocycles. The van der Waals surface area contributed by atoms with Gasteiger partial charge < -0.3 is 15.0 Å². The van der Waals surface area contributed by atoms with Crippen LogP contribution in [0.3, 0.4) is 0 Å². The van der Waals surface area contributed by atoms with Crippen molar-refractivity contribution in [2.24, 2.45) is 5.92 Å². The molecule has 0 amide bonds. The fourth-order valence-corrected chi connectivity index (χ4v) is 6.78. The first-order chi connectivity index (χ1) is 17.9. The summed E-state index contributed by atoms with van der Waals surface area (Å²) in [6.07, 6.45) is 12.7. The van der Waals surface area contributed by atoms with Crippen LogP contribution >= 0.6 is 0 Å². The topological polar surface area (TPSA) is 57.7 Å². The number of nitrogens with zero attached hydrogens (tertiary/aromatic N) is 3. The van der Waals surface area contributed by atoms with E-state index in [2.05, 4.69) is 26.2 Å². The summed E-state index contributed by atoms with van der Waals surface area (Å²) in [7, 11) is 2.04. The smallest absolute Gasteiger partial charge is 0.308 e. The second kappa shape index (κ2) is 9.71. The van der Waals surface area contributed by atoms with E-state index in [1.165, 1.54) is 23.9 Å². The molecule has 37 heavy (non-hydrogen) atoms. The number of pyridine rings is 1. The van der Waals surface area contributed by atoms with Gasteiger partial charge in [0.25, 0.3) is 0 Å². The first-order valence-electron chi connectivity index (χ1n) is 13.5. The summed E-state index contributed by atoms with van der Waals surface area (Å²) in [5.74, 6) is -0.992. The molecule has 1 N–H and O–H groups in total. The summed E-state index contributed by atoms with van der Waals surface area (Å²) in [5, 5.41) is 3.70. The Morgan fingerprint density at radius 3 is 2.78 bits per heavy atom. The number of nitrogens with one attached hydrogen (secondary N) is 1. The van der Waals surface area contributed by atoms with E-state index >= 15 is 4.39 Å². The highest BCUT2D eigenvalue weighted by Gasteiger charge is 2.41. The maximum absolute atomic E-state index is 15.1. The Morgan fingerprint density at radius 1 is 1.24 bits per heavy atom. The number of likely N-dealkylation sites (N-methyl/N-ethyl adjacent to an activating group) is 1. The first kappa shape index (κ1) is 24.3. The minimum atomic E-state index is -0.540. The average molecular weight is 509 g/mol. The number of carbonyl (C=O) groups is 1.